The highest BCUT2D eigenvalue weighted by Crippen LogP contribution is 2.17. The lowest BCUT2D eigenvalue weighted by atomic mass is 10.1. The minimum atomic E-state index is -2.38. The van der Waals surface area contributed by atoms with E-state index in [1.54, 1.807) is 29.3 Å². The molecule has 0 saturated carbocycles. The van der Waals surface area contributed by atoms with Gasteiger partial charge in [-0.25, -0.2) is 8.78 Å². The minimum absolute atomic E-state index is 0.0371. The maximum absolute atomic E-state index is 12.0. The Hall–Kier alpha value is -1.98. The molecule has 6 heteroatoms. The molecule has 2 aromatic heterocycles. The number of rotatable bonds is 5. The van der Waals surface area contributed by atoms with E-state index in [0.717, 1.165) is 5.56 Å². The van der Waals surface area contributed by atoms with E-state index in [4.69, 9.17) is 0 Å². The number of pyridine rings is 1. The third kappa shape index (κ3) is 3.03. The van der Waals surface area contributed by atoms with Crippen molar-refractivity contribution in [2.24, 2.45) is 0 Å². The lowest BCUT2D eigenvalue weighted by Crippen LogP contribution is -2.12. The third-order valence-corrected chi connectivity index (χ3v) is 2.63. The largest absolute Gasteiger partial charge is 0.363 e. The van der Waals surface area contributed by atoms with Crippen molar-refractivity contribution in [1.29, 1.82) is 0 Å². The molecule has 96 valence electrons. The van der Waals surface area contributed by atoms with E-state index in [2.05, 4.69) is 15.4 Å². The highest BCUT2D eigenvalue weighted by atomic mass is 19.3. The summed E-state index contributed by atoms with van der Waals surface area (Å²) in [4.78, 5) is 3.95. The summed E-state index contributed by atoms with van der Waals surface area (Å²) in [6.45, 7) is 1.60. The quantitative estimate of drug-likeness (QED) is 0.889. The second-order valence-corrected chi connectivity index (χ2v) is 3.91. The topological polar surface area (TPSA) is 42.7 Å². The van der Waals surface area contributed by atoms with Crippen LogP contribution >= 0.6 is 0 Å². The van der Waals surface area contributed by atoms with Crippen LogP contribution in [-0.2, 0) is 0 Å². The van der Waals surface area contributed by atoms with Crippen LogP contribution in [0.5, 0.6) is 0 Å². The molecule has 0 amide bonds. The summed E-state index contributed by atoms with van der Waals surface area (Å²) < 4.78 is 25.8. The predicted molar refractivity (Wildman–Crippen MR) is 64.8 cm³/mol. The van der Waals surface area contributed by atoms with Gasteiger partial charge in [0.1, 0.15) is 5.82 Å². The van der Waals surface area contributed by atoms with Gasteiger partial charge in [0.25, 0.3) is 6.43 Å². The maximum atomic E-state index is 12.0. The highest BCUT2D eigenvalue weighted by Gasteiger charge is 2.09. The molecule has 0 radical (unpaired) electrons. The first kappa shape index (κ1) is 12.5. The van der Waals surface area contributed by atoms with Gasteiger partial charge in [0.15, 0.2) is 0 Å². The lowest BCUT2D eigenvalue weighted by Gasteiger charge is -2.12. The van der Waals surface area contributed by atoms with Gasteiger partial charge in [-0.15, -0.1) is 0 Å². The smallest absolute Gasteiger partial charge is 0.255 e. The Balaban J connectivity index is 2.06. The second-order valence-electron chi connectivity index (χ2n) is 3.91. The summed E-state index contributed by atoms with van der Waals surface area (Å²) in [5.41, 5.74) is 1.06. The molecule has 1 atom stereocenters. The van der Waals surface area contributed by atoms with Gasteiger partial charge in [-0.05, 0) is 24.6 Å². The summed E-state index contributed by atoms with van der Waals surface area (Å²) in [6, 6.07) is 5.52. The Morgan fingerprint density at radius 2 is 2.00 bits per heavy atom. The molecule has 0 aromatic carbocycles. The lowest BCUT2D eigenvalue weighted by molar-refractivity contribution is 0.163. The van der Waals surface area contributed by atoms with Gasteiger partial charge in [0.05, 0.1) is 12.6 Å². The zero-order chi connectivity index (χ0) is 13.0. The van der Waals surface area contributed by atoms with Gasteiger partial charge in [-0.3, -0.25) is 9.67 Å². The number of anilines is 1. The first-order valence-electron chi connectivity index (χ1n) is 5.64. The van der Waals surface area contributed by atoms with Crippen molar-refractivity contribution in [2.45, 2.75) is 19.4 Å². The monoisotopic (exact) mass is 252 g/mol. The van der Waals surface area contributed by atoms with E-state index in [0.29, 0.717) is 5.82 Å². The fourth-order valence-corrected chi connectivity index (χ4v) is 1.62. The molecule has 1 N–H and O–H groups in total. The van der Waals surface area contributed by atoms with E-state index in [9.17, 15) is 8.78 Å². The summed E-state index contributed by atoms with van der Waals surface area (Å²) in [6.07, 6.45) is 2.81. The van der Waals surface area contributed by atoms with Crippen LogP contribution in [0.2, 0.25) is 0 Å². The molecule has 0 spiro atoms. The molecule has 0 aliphatic rings. The molecule has 4 nitrogen and oxygen atoms in total. The number of hydrogen-bond donors (Lipinski definition) is 1. The number of halogens is 2. The number of nitrogens with one attached hydrogen (secondary N) is 1. The Morgan fingerprint density at radius 1 is 1.28 bits per heavy atom. The normalized spacial score (nSPS) is 12.7. The average molecular weight is 252 g/mol. The summed E-state index contributed by atoms with van der Waals surface area (Å²) >= 11 is 0. The van der Waals surface area contributed by atoms with Crippen LogP contribution in [0.15, 0.2) is 36.8 Å². The van der Waals surface area contributed by atoms with E-state index in [-0.39, 0.29) is 12.6 Å². The second kappa shape index (κ2) is 5.57. The Bertz CT molecular complexity index is 484. The van der Waals surface area contributed by atoms with Crippen molar-refractivity contribution < 1.29 is 8.78 Å². The predicted octanol–water partition coefficient (Wildman–Crippen LogP) is 2.56. The molecule has 0 bridgehead atoms. The molecule has 0 unspecified atom stereocenters. The first-order valence-corrected chi connectivity index (χ1v) is 5.64. The number of alkyl halides is 2. The highest BCUT2D eigenvalue weighted by molar-refractivity contribution is 5.32. The molecule has 18 heavy (non-hydrogen) atoms. The molecule has 0 aliphatic carbocycles. The van der Waals surface area contributed by atoms with Crippen molar-refractivity contribution in [3.8, 4) is 0 Å². The Morgan fingerprint density at radius 3 is 2.67 bits per heavy atom. The van der Waals surface area contributed by atoms with Crippen LogP contribution in [0.1, 0.15) is 18.5 Å². The van der Waals surface area contributed by atoms with Crippen LogP contribution in [0.4, 0.5) is 14.6 Å². The molecule has 0 fully saturated rings. The van der Waals surface area contributed by atoms with E-state index in [1.165, 1.54) is 0 Å². The minimum Gasteiger partial charge on any atom is -0.363 e. The van der Waals surface area contributed by atoms with Gasteiger partial charge in [0, 0.05) is 24.7 Å². The first-order chi connectivity index (χ1) is 8.66. The fourth-order valence-electron chi connectivity index (χ4n) is 1.62. The molecule has 2 rings (SSSR count). The fraction of sp³-hybridized carbons (Fsp3) is 0.333. The Kier molecular flexibility index (Phi) is 3.86. The third-order valence-electron chi connectivity index (χ3n) is 2.63. The van der Waals surface area contributed by atoms with Crippen molar-refractivity contribution >= 4 is 5.82 Å². The van der Waals surface area contributed by atoms with Crippen LogP contribution < -0.4 is 5.32 Å². The van der Waals surface area contributed by atoms with Crippen molar-refractivity contribution in [3.05, 3.63) is 42.4 Å². The zero-order valence-corrected chi connectivity index (χ0v) is 9.92. The van der Waals surface area contributed by atoms with Crippen LogP contribution in [0, 0.1) is 0 Å². The molecule has 2 heterocycles. The maximum Gasteiger partial charge on any atom is 0.255 e. The average Bonchev–Trinajstić information content (AvgIpc) is 2.85. The zero-order valence-electron chi connectivity index (χ0n) is 9.92. The molecule has 0 saturated heterocycles. The van der Waals surface area contributed by atoms with Crippen LogP contribution in [-0.4, -0.2) is 27.7 Å². The van der Waals surface area contributed by atoms with E-state index >= 15 is 0 Å². The van der Waals surface area contributed by atoms with Gasteiger partial charge < -0.3 is 5.32 Å². The van der Waals surface area contributed by atoms with E-state index in [1.807, 2.05) is 19.1 Å². The van der Waals surface area contributed by atoms with Crippen LogP contribution in [0.25, 0.3) is 0 Å². The molecule has 0 aliphatic heterocycles. The van der Waals surface area contributed by atoms with Gasteiger partial charge >= 0.3 is 0 Å². The molecule has 2 aromatic rings. The Labute approximate surface area is 104 Å². The summed E-state index contributed by atoms with van der Waals surface area (Å²) in [5.74, 6) is 0.455. The van der Waals surface area contributed by atoms with E-state index < -0.39 is 6.43 Å². The van der Waals surface area contributed by atoms with Crippen molar-refractivity contribution in [2.75, 3.05) is 11.9 Å². The van der Waals surface area contributed by atoms with Crippen molar-refractivity contribution in [3.63, 3.8) is 0 Å². The number of hydrogen-bond acceptors (Lipinski definition) is 3. The molecular formula is C12H14F2N4. The summed E-state index contributed by atoms with van der Waals surface area (Å²) in [7, 11) is 0. The van der Waals surface area contributed by atoms with Crippen molar-refractivity contribution in [1.82, 2.24) is 14.8 Å². The molecular weight excluding hydrogens is 238 g/mol. The van der Waals surface area contributed by atoms with Gasteiger partial charge in [-0.2, -0.15) is 5.10 Å². The van der Waals surface area contributed by atoms with Gasteiger partial charge in [0.2, 0.25) is 0 Å². The van der Waals surface area contributed by atoms with Gasteiger partial charge in [-0.1, -0.05) is 0 Å². The SMILES string of the molecule is C[C@@H](c1ccncc1)n1ccc(NCC(F)F)n1. The number of nitrogens with zero attached hydrogens (tertiary/aromatic N) is 3. The number of aromatic nitrogens is 3. The van der Waals surface area contributed by atoms with Crippen LogP contribution in [0.3, 0.4) is 0 Å². The summed E-state index contributed by atoms with van der Waals surface area (Å²) in [5, 5.41) is 6.79. The standard InChI is InChI=1S/C12H14F2N4/c1-9(10-2-5-15-6-3-10)18-7-4-12(17-18)16-8-11(13)14/h2-7,9,11H,8H2,1H3,(H,16,17)/t9-/m0/s1.